The number of rotatable bonds is 12. The largest absolute Gasteiger partial charge is 0.280 e. The lowest BCUT2D eigenvalue weighted by atomic mass is 10.1. The average Bonchev–Trinajstić information content (AvgIpc) is 3.14. The van der Waals surface area contributed by atoms with E-state index in [9.17, 15) is 19.7 Å². The van der Waals surface area contributed by atoms with E-state index < -0.39 is 10.3 Å². The quantitative estimate of drug-likeness (QED) is 0.142. The van der Waals surface area contributed by atoms with Crippen LogP contribution in [0.25, 0.3) is 6.08 Å². The van der Waals surface area contributed by atoms with Crippen molar-refractivity contribution in [1.29, 1.82) is 0 Å². The number of unbranched alkanes of at least 4 members (excludes halogenated alkanes) is 6. The molecule has 1 aliphatic heterocycles. The van der Waals surface area contributed by atoms with Gasteiger partial charge in [-0.2, -0.15) is 0 Å². The van der Waals surface area contributed by atoms with Gasteiger partial charge in [0.15, 0.2) is 0 Å². The molecule has 35 heavy (non-hydrogen) atoms. The summed E-state index contributed by atoms with van der Waals surface area (Å²) < 4.78 is 0. The Hall–Kier alpha value is -2.84. The van der Waals surface area contributed by atoms with Crippen LogP contribution < -0.4 is 5.43 Å². The summed E-state index contributed by atoms with van der Waals surface area (Å²) in [5.74, 6) is -0.558. The zero-order valence-corrected chi connectivity index (χ0v) is 21.3. The fraction of sp³-hybridized carbons (Fsp3) is 0.385. The van der Waals surface area contributed by atoms with Crippen molar-refractivity contribution in [3.8, 4) is 0 Å². The SMILES string of the molecule is CCCCCCCCCC(=O)NN1C(=O)/C(=C/c2cccc([N+](=O)[O-])c2)SC1c1ccc(Cl)cc1. The van der Waals surface area contributed by atoms with Gasteiger partial charge in [0.05, 0.1) is 9.83 Å². The van der Waals surface area contributed by atoms with Gasteiger partial charge >= 0.3 is 0 Å². The van der Waals surface area contributed by atoms with Gasteiger partial charge in [-0.25, -0.2) is 5.01 Å². The van der Waals surface area contributed by atoms with Gasteiger partial charge in [0.1, 0.15) is 5.37 Å². The molecular formula is C26H30ClN3O4S. The number of carbonyl (C=O) groups is 2. The number of hydrogen-bond donors (Lipinski definition) is 1. The number of nitro benzene ring substituents is 1. The number of hydrazine groups is 1. The van der Waals surface area contributed by atoms with E-state index in [2.05, 4.69) is 12.3 Å². The van der Waals surface area contributed by atoms with E-state index >= 15 is 0 Å². The highest BCUT2D eigenvalue weighted by molar-refractivity contribution is 8.04. The normalized spacial score (nSPS) is 16.6. The molecule has 1 heterocycles. The number of hydrogen-bond acceptors (Lipinski definition) is 5. The Labute approximate surface area is 215 Å². The third kappa shape index (κ3) is 7.83. The molecule has 0 aliphatic carbocycles. The van der Waals surface area contributed by atoms with Gasteiger partial charge in [-0.15, -0.1) is 0 Å². The highest BCUT2D eigenvalue weighted by atomic mass is 35.5. The first-order chi connectivity index (χ1) is 16.9. The Bertz CT molecular complexity index is 1070. The number of thioether (sulfide) groups is 1. The summed E-state index contributed by atoms with van der Waals surface area (Å²) in [5.41, 5.74) is 4.09. The van der Waals surface area contributed by atoms with Crippen molar-refractivity contribution in [2.24, 2.45) is 0 Å². The molecule has 0 bridgehead atoms. The van der Waals surface area contributed by atoms with Crippen molar-refractivity contribution >= 4 is 46.9 Å². The van der Waals surface area contributed by atoms with E-state index in [4.69, 9.17) is 11.6 Å². The molecule has 1 N–H and O–H groups in total. The minimum absolute atomic E-state index is 0.0519. The average molecular weight is 516 g/mol. The number of nitrogens with one attached hydrogen (secondary N) is 1. The van der Waals surface area contributed by atoms with Crippen LogP contribution in [0.4, 0.5) is 5.69 Å². The molecule has 9 heteroatoms. The van der Waals surface area contributed by atoms with Crippen LogP contribution >= 0.6 is 23.4 Å². The van der Waals surface area contributed by atoms with Crippen molar-refractivity contribution in [2.75, 3.05) is 0 Å². The minimum atomic E-state index is -0.474. The fourth-order valence-corrected chi connectivity index (χ4v) is 5.13. The Kier molecular flexibility index (Phi) is 10.2. The summed E-state index contributed by atoms with van der Waals surface area (Å²) in [6.45, 7) is 2.18. The topological polar surface area (TPSA) is 92.6 Å². The van der Waals surface area contributed by atoms with Crippen molar-refractivity contribution in [3.05, 3.63) is 79.7 Å². The van der Waals surface area contributed by atoms with Gasteiger partial charge in [0.2, 0.25) is 5.91 Å². The second-order valence-electron chi connectivity index (χ2n) is 8.46. The molecular weight excluding hydrogens is 486 g/mol. The lowest BCUT2D eigenvalue weighted by Gasteiger charge is -2.24. The summed E-state index contributed by atoms with van der Waals surface area (Å²) in [5, 5.41) is 12.6. The molecule has 7 nitrogen and oxygen atoms in total. The standard InChI is InChI=1S/C26H30ClN3O4S/c1-2-3-4-5-6-7-8-12-24(31)28-29-25(32)23(18-19-10-9-11-22(17-19)30(33)34)35-26(29)20-13-15-21(27)16-14-20/h9-11,13-18,26H,2-8,12H2,1H3,(H,28,31)/b23-18-. The van der Waals surface area contributed by atoms with Crippen LogP contribution in [0.3, 0.4) is 0 Å². The van der Waals surface area contributed by atoms with E-state index in [-0.39, 0.29) is 17.5 Å². The Morgan fingerprint density at radius 2 is 1.80 bits per heavy atom. The van der Waals surface area contributed by atoms with Gasteiger partial charge < -0.3 is 0 Å². The van der Waals surface area contributed by atoms with Crippen molar-refractivity contribution in [1.82, 2.24) is 10.4 Å². The number of nitrogens with zero attached hydrogens (tertiary/aromatic N) is 2. The molecule has 0 saturated carbocycles. The summed E-state index contributed by atoms with van der Waals surface area (Å²) >= 11 is 7.32. The number of carbonyl (C=O) groups excluding carboxylic acids is 2. The summed E-state index contributed by atoms with van der Waals surface area (Å²) in [4.78, 5) is 36.9. The van der Waals surface area contributed by atoms with E-state index in [1.54, 1.807) is 30.3 Å². The zero-order valence-electron chi connectivity index (χ0n) is 19.7. The molecule has 3 rings (SSSR count). The van der Waals surface area contributed by atoms with Gasteiger partial charge in [0, 0.05) is 23.6 Å². The zero-order chi connectivity index (χ0) is 25.2. The van der Waals surface area contributed by atoms with Crippen molar-refractivity contribution < 1.29 is 14.5 Å². The third-order valence-corrected chi connectivity index (χ3v) is 7.19. The number of nitro groups is 1. The van der Waals surface area contributed by atoms with Crippen LogP contribution in [0.1, 0.15) is 74.8 Å². The first-order valence-corrected chi connectivity index (χ1v) is 13.2. The Morgan fingerprint density at radius 1 is 1.11 bits per heavy atom. The predicted octanol–water partition coefficient (Wildman–Crippen LogP) is 7.04. The third-order valence-electron chi connectivity index (χ3n) is 5.69. The second kappa shape index (κ2) is 13.3. The molecule has 2 amide bonds. The highest BCUT2D eigenvalue weighted by Gasteiger charge is 2.38. The van der Waals surface area contributed by atoms with Crippen LogP contribution in [0.2, 0.25) is 5.02 Å². The molecule has 0 spiro atoms. The van der Waals surface area contributed by atoms with Crippen LogP contribution in [0, 0.1) is 10.1 Å². The van der Waals surface area contributed by atoms with Crippen LogP contribution in [-0.2, 0) is 9.59 Å². The molecule has 1 atom stereocenters. The smallest absolute Gasteiger partial charge is 0.273 e. The number of amides is 2. The first kappa shape index (κ1) is 26.8. The molecule has 1 saturated heterocycles. The van der Waals surface area contributed by atoms with E-state index in [1.807, 2.05) is 12.1 Å². The van der Waals surface area contributed by atoms with Crippen LogP contribution in [-0.4, -0.2) is 21.7 Å². The maximum absolute atomic E-state index is 13.3. The maximum atomic E-state index is 13.3. The monoisotopic (exact) mass is 515 g/mol. The van der Waals surface area contributed by atoms with E-state index in [0.717, 1.165) is 24.8 Å². The minimum Gasteiger partial charge on any atom is -0.273 e. The van der Waals surface area contributed by atoms with E-state index in [1.165, 1.54) is 54.6 Å². The number of benzene rings is 2. The summed E-state index contributed by atoms with van der Waals surface area (Å²) in [7, 11) is 0. The molecule has 0 radical (unpaired) electrons. The number of non-ortho nitro benzene ring substituents is 1. The summed E-state index contributed by atoms with van der Waals surface area (Å²) in [6.07, 6.45) is 9.68. The fourth-order valence-electron chi connectivity index (χ4n) is 3.81. The molecule has 0 aromatic heterocycles. The van der Waals surface area contributed by atoms with E-state index in [0.29, 0.717) is 21.9 Å². The van der Waals surface area contributed by atoms with Gasteiger partial charge in [-0.05, 0) is 35.8 Å². The summed E-state index contributed by atoms with van der Waals surface area (Å²) in [6, 6.07) is 13.2. The van der Waals surface area contributed by atoms with Gasteiger partial charge in [-0.1, -0.05) is 93.1 Å². The van der Waals surface area contributed by atoms with Crippen LogP contribution in [0.15, 0.2) is 53.4 Å². The lowest BCUT2D eigenvalue weighted by Crippen LogP contribution is -2.44. The van der Waals surface area contributed by atoms with Crippen molar-refractivity contribution in [2.45, 2.75) is 63.7 Å². The van der Waals surface area contributed by atoms with Gasteiger partial charge in [0.25, 0.3) is 11.6 Å². The molecule has 2 aromatic carbocycles. The van der Waals surface area contributed by atoms with Crippen molar-refractivity contribution in [3.63, 3.8) is 0 Å². The maximum Gasteiger partial charge on any atom is 0.280 e. The van der Waals surface area contributed by atoms with Gasteiger partial charge in [-0.3, -0.25) is 25.1 Å². The Balaban J connectivity index is 1.71. The molecule has 2 aromatic rings. The highest BCUT2D eigenvalue weighted by Crippen LogP contribution is 2.45. The molecule has 1 unspecified atom stereocenters. The van der Waals surface area contributed by atoms with Crippen LogP contribution in [0.5, 0.6) is 0 Å². The first-order valence-electron chi connectivity index (χ1n) is 11.9. The lowest BCUT2D eigenvalue weighted by molar-refractivity contribution is -0.384. The molecule has 1 aliphatic rings. The Morgan fingerprint density at radius 3 is 2.49 bits per heavy atom. The second-order valence-corrected chi connectivity index (χ2v) is 10.0. The molecule has 186 valence electrons. The predicted molar refractivity (Wildman–Crippen MR) is 140 cm³/mol. The molecule has 1 fully saturated rings. The number of halogens is 1.